The monoisotopic (exact) mass is 264 g/mol. The number of aliphatic hydroxyl groups excluding tert-OH is 1. The zero-order valence-corrected chi connectivity index (χ0v) is 10.8. The van der Waals surface area contributed by atoms with Gasteiger partial charge in [0.2, 0.25) is 0 Å². The molecule has 0 bridgehead atoms. The van der Waals surface area contributed by atoms with Crippen molar-refractivity contribution in [3.63, 3.8) is 0 Å². The van der Waals surface area contributed by atoms with Crippen LogP contribution in [0, 0.1) is 12.7 Å². The third kappa shape index (κ3) is 3.09. The molecular formula is C15H14ClFO. The van der Waals surface area contributed by atoms with Crippen LogP contribution < -0.4 is 0 Å². The second-order valence-electron chi connectivity index (χ2n) is 4.36. The summed E-state index contributed by atoms with van der Waals surface area (Å²) < 4.78 is 13.4. The maximum Gasteiger partial charge on any atom is 0.126 e. The highest BCUT2D eigenvalue weighted by Gasteiger charge is 2.10. The van der Waals surface area contributed by atoms with Gasteiger partial charge in [-0.15, -0.1) is 0 Å². The van der Waals surface area contributed by atoms with Crippen molar-refractivity contribution in [1.29, 1.82) is 0 Å². The van der Waals surface area contributed by atoms with Crippen molar-refractivity contribution < 1.29 is 9.50 Å². The van der Waals surface area contributed by atoms with Gasteiger partial charge in [-0.3, -0.25) is 0 Å². The highest BCUT2D eigenvalue weighted by Crippen LogP contribution is 2.21. The van der Waals surface area contributed by atoms with Crippen molar-refractivity contribution in [1.82, 2.24) is 0 Å². The van der Waals surface area contributed by atoms with Crippen LogP contribution in [-0.4, -0.2) is 5.11 Å². The van der Waals surface area contributed by atoms with E-state index < -0.39 is 6.10 Å². The molecule has 1 nitrogen and oxygen atoms in total. The summed E-state index contributed by atoms with van der Waals surface area (Å²) in [4.78, 5) is 0. The van der Waals surface area contributed by atoms with E-state index in [1.807, 2.05) is 12.1 Å². The average molecular weight is 265 g/mol. The van der Waals surface area contributed by atoms with Gasteiger partial charge in [-0.1, -0.05) is 35.9 Å². The van der Waals surface area contributed by atoms with E-state index in [-0.39, 0.29) is 5.82 Å². The summed E-state index contributed by atoms with van der Waals surface area (Å²) in [7, 11) is 0. The molecule has 0 saturated carbocycles. The zero-order valence-electron chi connectivity index (χ0n) is 10.0. The van der Waals surface area contributed by atoms with Gasteiger partial charge in [0.05, 0.1) is 6.10 Å². The van der Waals surface area contributed by atoms with E-state index in [2.05, 4.69) is 0 Å². The Kier molecular flexibility index (Phi) is 4.00. The van der Waals surface area contributed by atoms with Crippen molar-refractivity contribution in [2.45, 2.75) is 19.4 Å². The number of aliphatic hydroxyl groups is 1. The fraction of sp³-hybridized carbons (Fsp3) is 0.200. The van der Waals surface area contributed by atoms with Crippen LogP contribution in [0.3, 0.4) is 0 Å². The van der Waals surface area contributed by atoms with Crippen LogP contribution in [0.1, 0.15) is 22.8 Å². The molecule has 0 spiro atoms. The molecule has 2 aromatic carbocycles. The Bertz CT molecular complexity index is 537. The zero-order chi connectivity index (χ0) is 13.1. The van der Waals surface area contributed by atoms with Gasteiger partial charge < -0.3 is 5.11 Å². The molecule has 0 fully saturated rings. The topological polar surface area (TPSA) is 20.2 Å². The SMILES string of the molecule is Cc1ccc(C(O)Cc2ccc(Cl)cc2)cc1F. The van der Waals surface area contributed by atoms with Gasteiger partial charge in [-0.25, -0.2) is 4.39 Å². The number of hydrogen-bond acceptors (Lipinski definition) is 1. The van der Waals surface area contributed by atoms with Crippen LogP contribution in [0.2, 0.25) is 5.02 Å². The second kappa shape index (κ2) is 5.51. The maximum absolute atomic E-state index is 13.4. The van der Waals surface area contributed by atoms with Crippen molar-refractivity contribution in [2.24, 2.45) is 0 Å². The molecule has 94 valence electrons. The van der Waals surface area contributed by atoms with Crippen LogP contribution in [0.4, 0.5) is 4.39 Å². The van der Waals surface area contributed by atoms with Crippen LogP contribution >= 0.6 is 11.6 Å². The summed E-state index contributed by atoms with van der Waals surface area (Å²) in [6, 6.07) is 12.1. The number of aryl methyl sites for hydroxylation is 1. The van der Waals surface area contributed by atoms with Gasteiger partial charge in [-0.05, 0) is 41.8 Å². The van der Waals surface area contributed by atoms with E-state index >= 15 is 0 Å². The first-order valence-electron chi connectivity index (χ1n) is 5.75. The summed E-state index contributed by atoms with van der Waals surface area (Å²) >= 11 is 5.79. The first-order valence-corrected chi connectivity index (χ1v) is 6.12. The van der Waals surface area contributed by atoms with Crippen LogP contribution in [0.5, 0.6) is 0 Å². The molecule has 0 heterocycles. The van der Waals surface area contributed by atoms with Crippen molar-refractivity contribution >= 4 is 11.6 Å². The Morgan fingerprint density at radius 3 is 2.44 bits per heavy atom. The van der Waals surface area contributed by atoms with Gasteiger partial charge >= 0.3 is 0 Å². The van der Waals surface area contributed by atoms with Gasteiger partial charge in [0.15, 0.2) is 0 Å². The predicted molar refractivity (Wildman–Crippen MR) is 71.3 cm³/mol. The highest BCUT2D eigenvalue weighted by atomic mass is 35.5. The minimum atomic E-state index is -0.707. The predicted octanol–water partition coefficient (Wildman–Crippen LogP) is 4.06. The molecule has 0 saturated heterocycles. The molecular weight excluding hydrogens is 251 g/mol. The lowest BCUT2D eigenvalue weighted by molar-refractivity contribution is 0.178. The van der Waals surface area contributed by atoms with Crippen molar-refractivity contribution in [3.05, 3.63) is 70.0 Å². The molecule has 0 amide bonds. The number of halogens is 2. The van der Waals surface area contributed by atoms with Gasteiger partial charge in [0.1, 0.15) is 5.82 Å². The molecule has 1 atom stereocenters. The van der Waals surface area contributed by atoms with E-state index in [1.54, 1.807) is 31.2 Å². The lowest BCUT2D eigenvalue weighted by atomic mass is 10.0. The molecule has 1 unspecified atom stereocenters. The van der Waals surface area contributed by atoms with E-state index in [1.165, 1.54) is 6.07 Å². The van der Waals surface area contributed by atoms with Crippen molar-refractivity contribution in [3.8, 4) is 0 Å². The Morgan fingerprint density at radius 2 is 1.83 bits per heavy atom. The van der Waals surface area contributed by atoms with Crippen LogP contribution in [0.15, 0.2) is 42.5 Å². The lowest BCUT2D eigenvalue weighted by Crippen LogP contribution is -2.02. The maximum atomic E-state index is 13.4. The molecule has 0 aliphatic rings. The van der Waals surface area contributed by atoms with Gasteiger partial charge in [-0.2, -0.15) is 0 Å². The van der Waals surface area contributed by atoms with Gasteiger partial charge in [0, 0.05) is 11.4 Å². The largest absolute Gasteiger partial charge is 0.388 e. The van der Waals surface area contributed by atoms with E-state index in [0.717, 1.165) is 5.56 Å². The first-order chi connectivity index (χ1) is 8.56. The number of rotatable bonds is 3. The fourth-order valence-electron chi connectivity index (χ4n) is 1.78. The molecule has 2 rings (SSSR count). The van der Waals surface area contributed by atoms with Gasteiger partial charge in [0.25, 0.3) is 0 Å². The fourth-order valence-corrected chi connectivity index (χ4v) is 1.90. The van der Waals surface area contributed by atoms with E-state index in [0.29, 0.717) is 22.6 Å². The summed E-state index contributed by atoms with van der Waals surface area (Å²) in [6.45, 7) is 1.70. The highest BCUT2D eigenvalue weighted by molar-refractivity contribution is 6.30. The molecule has 18 heavy (non-hydrogen) atoms. The Hall–Kier alpha value is -1.38. The lowest BCUT2D eigenvalue weighted by Gasteiger charge is -2.12. The average Bonchev–Trinajstić information content (AvgIpc) is 2.35. The molecule has 0 radical (unpaired) electrons. The normalized spacial score (nSPS) is 12.4. The van der Waals surface area contributed by atoms with Crippen molar-refractivity contribution in [2.75, 3.05) is 0 Å². The standard InChI is InChI=1S/C15H14ClFO/c1-10-2-5-12(9-14(10)17)15(18)8-11-3-6-13(16)7-4-11/h2-7,9,15,18H,8H2,1H3. The van der Waals surface area contributed by atoms with E-state index in [4.69, 9.17) is 11.6 Å². The molecule has 0 aliphatic carbocycles. The van der Waals surface area contributed by atoms with Crippen LogP contribution in [0.25, 0.3) is 0 Å². The second-order valence-corrected chi connectivity index (χ2v) is 4.79. The summed E-state index contributed by atoms with van der Waals surface area (Å²) in [6.07, 6.45) is -0.263. The summed E-state index contributed by atoms with van der Waals surface area (Å²) in [5.74, 6) is -0.289. The Labute approximate surface area is 111 Å². The quantitative estimate of drug-likeness (QED) is 0.886. The molecule has 0 aliphatic heterocycles. The molecule has 1 N–H and O–H groups in total. The third-order valence-electron chi connectivity index (χ3n) is 2.92. The molecule has 3 heteroatoms. The number of benzene rings is 2. The number of hydrogen-bond donors (Lipinski definition) is 1. The Balaban J connectivity index is 2.13. The molecule has 2 aromatic rings. The minimum Gasteiger partial charge on any atom is -0.388 e. The van der Waals surface area contributed by atoms with E-state index in [9.17, 15) is 9.50 Å². The minimum absolute atomic E-state index is 0.289. The third-order valence-corrected chi connectivity index (χ3v) is 3.17. The van der Waals surface area contributed by atoms with Crippen LogP contribution in [-0.2, 0) is 6.42 Å². The first kappa shape index (κ1) is 13.1. The molecule has 0 aromatic heterocycles. The Morgan fingerprint density at radius 1 is 1.17 bits per heavy atom. The smallest absolute Gasteiger partial charge is 0.126 e. The summed E-state index contributed by atoms with van der Waals surface area (Å²) in [5, 5.41) is 10.7. The summed E-state index contributed by atoms with van der Waals surface area (Å²) in [5.41, 5.74) is 2.14.